The normalized spacial score (nSPS) is 12.3. The van der Waals surface area contributed by atoms with Gasteiger partial charge >= 0.3 is 5.69 Å². The summed E-state index contributed by atoms with van der Waals surface area (Å²) in [4.78, 5) is 31.0. The molecule has 0 aliphatic rings. The first-order valence-corrected chi connectivity index (χ1v) is 6.87. The van der Waals surface area contributed by atoms with Gasteiger partial charge in [0.1, 0.15) is 5.15 Å². The minimum atomic E-state index is -0.504. The summed E-state index contributed by atoms with van der Waals surface area (Å²) in [5, 5.41) is 0.136. The Morgan fingerprint density at radius 1 is 1.45 bits per heavy atom. The summed E-state index contributed by atoms with van der Waals surface area (Å²) in [6.07, 6.45) is 4.61. The van der Waals surface area contributed by atoms with Crippen LogP contribution in [0.15, 0.2) is 34.1 Å². The molecule has 0 spiro atoms. The SMILES string of the molecule is CCCc1c(Cl)[nH]c(=O)n(C(C)c2cccnc2)c1=O. The number of hydrogen-bond acceptors (Lipinski definition) is 3. The molecule has 2 aromatic rings. The molecular formula is C14H16ClN3O2. The van der Waals surface area contributed by atoms with Crippen LogP contribution in [0.5, 0.6) is 0 Å². The number of halogens is 1. The molecule has 2 aromatic heterocycles. The molecule has 6 heteroatoms. The summed E-state index contributed by atoms with van der Waals surface area (Å²) in [5.41, 5.74) is 0.405. The molecule has 0 saturated carbocycles. The van der Waals surface area contributed by atoms with Crippen molar-refractivity contribution < 1.29 is 0 Å². The third kappa shape index (κ3) is 2.67. The number of H-pyrrole nitrogens is 1. The fourth-order valence-corrected chi connectivity index (χ4v) is 2.41. The van der Waals surface area contributed by atoms with Gasteiger partial charge < -0.3 is 0 Å². The summed E-state index contributed by atoms with van der Waals surface area (Å²) in [5.74, 6) is 0. The largest absolute Gasteiger partial charge is 0.330 e. The molecule has 0 radical (unpaired) electrons. The number of nitrogens with one attached hydrogen (secondary N) is 1. The van der Waals surface area contributed by atoms with Crippen LogP contribution in [0.2, 0.25) is 5.15 Å². The second-order valence-electron chi connectivity index (χ2n) is 4.61. The molecule has 0 saturated heterocycles. The van der Waals surface area contributed by atoms with Gasteiger partial charge in [-0.05, 0) is 25.0 Å². The van der Waals surface area contributed by atoms with Crippen LogP contribution in [0, 0.1) is 0 Å². The van der Waals surface area contributed by atoms with Crippen molar-refractivity contribution in [1.82, 2.24) is 14.5 Å². The Morgan fingerprint density at radius 3 is 2.80 bits per heavy atom. The van der Waals surface area contributed by atoms with E-state index in [9.17, 15) is 9.59 Å². The number of rotatable bonds is 4. The Labute approximate surface area is 121 Å². The van der Waals surface area contributed by atoms with Crippen molar-refractivity contribution in [3.05, 3.63) is 61.6 Å². The molecule has 0 bridgehead atoms. The molecule has 2 heterocycles. The quantitative estimate of drug-likeness (QED) is 0.878. The molecule has 1 atom stereocenters. The average molecular weight is 294 g/mol. The van der Waals surface area contributed by atoms with Crippen molar-refractivity contribution in [2.75, 3.05) is 0 Å². The van der Waals surface area contributed by atoms with Crippen LogP contribution < -0.4 is 11.2 Å². The molecule has 1 unspecified atom stereocenters. The zero-order valence-electron chi connectivity index (χ0n) is 11.4. The summed E-state index contributed by atoms with van der Waals surface area (Å²) < 4.78 is 1.19. The van der Waals surface area contributed by atoms with Crippen LogP contribution in [-0.4, -0.2) is 14.5 Å². The van der Waals surface area contributed by atoms with Crippen LogP contribution >= 0.6 is 11.6 Å². The molecule has 0 aromatic carbocycles. The van der Waals surface area contributed by atoms with Gasteiger partial charge in [-0.25, -0.2) is 4.79 Å². The Morgan fingerprint density at radius 2 is 2.20 bits per heavy atom. The lowest BCUT2D eigenvalue weighted by atomic mass is 10.1. The molecule has 0 amide bonds. The first kappa shape index (κ1) is 14.5. The second-order valence-corrected chi connectivity index (χ2v) is 4.99. The van der Waals surface area contributed by atoms with Crippen LogP contribution in [0.25, 0.3) is 0 Å². The fraction of sp³-hybridized carbons (Fsp3) is 0.357. The van der Waals surface area contributed by atoms with Gasteiger partial charge in [-0.3, -0.25) is 19.3 Å². The van der Waals surface area contributed by atoms with E-state index in [1.165, 1.54) is 4.57 Å². The average Bonchev–Trinajstić information content (AvgIpc) is 2.44. The van der Waals surface area contributed by atoms with E-state index < -0.39 is 11.7 Å². The van der Waals surface area contributed by atoms with E-state index in [1.807, 2.05) is 13.0 Å². The minimum absolute atomic E-state index is 0.136. The molecule has 0 fully saturated rings. The standard InChI is InChI=1S/C14H16ClN3O2/c1-3-5-11-12(15)17-14(20)18(13(11)19)9(2)10-6-4-7-16-8-10/h4,6-9H,3,5H2,1-2H3,(H,17,20). The lowest BCUT2D eigenvalue weighted by Crippen LogP contribution is -2.39. The molecule has 1 N–H and O–H groups in total. The highest BCUT2D eigenvalue weighted by Gasteiger charge is 2.17. The van der Waals surface area contributed by atoms with Gasteiger partial charge in [0.2, 0.25) is 0 Å². The van der Waals surface area contributed by atoms with Crippen molar-refractivity contribution in [3.8, 4) is 0 Å². The zero-order chi connectivity index (χ0) is 14.7. The molecule has 0 aliphatic carbocycles. The minimum Gasteiger partial charge on any atom is -0.297 e. The van der Waals surface area contributed by atoms with Gasteiger partial charge in [0, 0.05) is 12.4 Å². The lowest BCUT2D eigenvalue weighted by molar-refractivity contribution is 0.568. The van der Waals surface area contributed by atoms with E-state index in [2.05, 4.69) is 9.97 Å². The number of aromatic nitrogens is 3. The fourth-order valence-electron chi connectivity index (χ4n) is 2.15. The third-order valence-electron chi connectivity index (χ3n) is 3.23. The first-order chi connectivity index (χ1) is 9.56. The van der Waals surface area contributed by atoms with E-state index >= 15 is 0 Å². The zero-order valence-corrected chi connectivity index (χ0v) is 12.1. The Bertz CT molecular complexity index is 707. The van der Waals surface area contributed by atoms with Crippen molar-refractivity contribution >= 4 is 11.6 Å². The molecule has 2 rings (SSSR count). The Hall–Kier alpha value is -1.88. The molecule has 106 valence electrons. The highest BCUT2D eigenvalue weighted by atomic mass is 35.5. The number of hydrogen-bond donors (Lipinski definition) is 1. The summed E-state index contributed by atoms with van der Waals surface area (Å²) in [6, 6.07) is 3.21. The highest BCUT2D eigenvalue weighted by molar-refractivity contribution is 6.30. The highest BCUT2D eigenvalue weighted by Crippen LogP contribution is 2.14. The smallest absolute Gasteiger partial charge is 0.297 e. The summed E-state index contributed by atoms with van der Waals surface area (Å²) >= 11 is 5.96. The Balaban J connectivity index is 2.60. The van der Waals surface area contributed by atoms with E-state index in [1.54, 1.807) is 25.4 Å². The molecular weight excluding hydrogens is 278 g/mol. The van der Waals surface area contributed by atoms with Crippen LogP contribution in [0.4, 0.5) is 0 Å². The lowest BCUT2D eigenvalue weighted by Gasteiger charge is -2.15. The van der Waals surface area contributed by atoms with Crippen LogP contribution in [0.3, 0.4) is 0 Å². The van der Waals surface area contributed by atoms with Crippen molar-refractivity contribution in [2.24, 2.45) is 0 Å². The van der Waals surface area contributed by atoms with E-state index in [0.717, 1.165) is 12.0 Å². The summed E-state index contributed by atoms with van der Waals surface area (Å²) in [6.45, 7) is 3.74. The molecule has 5 nitrogen and oxygen atoms in total. The van der Waals surface area contributed by atoms with E-state index in [0.29, 0.717) is 12.0 Å². The number of nitrogens with zero attached hydrogens (tertiary/aromatic N) is 2. The monoisotopic (exact) mass is 293 g/mol. The second kappa shape index (κ2) is 6.05. The maximum absolute atomic E-state index is 12.5. The Kier molecular flexibility index (Phi) is 4.39. The van der Waals surface area contributed by atoms with Gasteiger partial charge in [-0.15, -0.1) is 0 Å². The maximum Gasteiger partial charge on any atom is 0.330 e. The molecule has 20 heavy (non-hydrogen) atoms. The molecule has 0 aliphatic heterocycles. The van der Waals surface area contributed by atoms with Crippen molar-refractivity contribution in [3.63, 3.8) is 0 Å². The van der Waals surface area contributed by atoms with Gasteiger partial charge in [0.05, 0.1) is 11.6 Å². The summed E-state index contributed by atoms with van der Waals surface area (Å²) in [7, 11) is 0. The van der Waals surface area contributed by atoms with Gasteiger partial charge in [0.15, 0.2) is 0 Å². The van der Waals surface area contributed by atoms with E-state index in [-0.39, 0.29) is 10.7 Å². The number of pyridine rings is 1. The van der Waals surface area contributed by atoms with Gasteiger partial charge in [0.25, 0.3) is 5.56 Å². The van der Waals surface area contributed by atoms with Crippen molar-refractivity contribution in [2.45, 2.75) is 32.7 Å². The van der Waals surface area contributed by atoms with Crippen molar-refractivity contribution in [1.29, 1.82) is 0 Å². The maximum atomic E-state index is 12.5. The van der Waals surface area contributed by atoms with Gasteiger partial charge in [-0.2, -0.15) is 0 Å². The van der Waals surface area contributed by atoms with Crippen LogP contribution in [0.1, 0.15) is 37.4 Å². The number of aromatic amines is 1. The predicted molar refractivity (Wildman–Crippen MR) is 78.4 cm³/mol. The van der Waals surface area contributed by atoms with E-state index in [4.69, 9.17) is 11.6 Å². The first-order valence-electron chi connectivity index (χ1n) is 6.49. The predicted octanol–water partition coefficient (Wildman–Crippen LogP) is 2.15. The third-order valence-corrected chi connectivity index (χ3v) is 3.55. The topological polar surface area (TPSA) is 67.8 Å². The van der Waals surface area contributed by atoms with Gasteiger partial charge in [-0.1, -0.05) is 31.0 Å². The van der Waals surface area contributed by atoms with Crippen LogP contribution in [-0.2, 0) is 6.42 Å².